The second-order valence-electron chi connectivity index (χ2n) is 3.99. The summed E-state index contributed by atoms with van der Waals surface area (Å²) < 4.78 is 2.70. The van der Waals surface area contributed by atoms with Crippen LogP contribution in [-0.2, 0) is 6.54 Å². The van der Waals surface area contributed by atoms with Gasteiger partial charge in [0, 0.05) is 12.6 Å². The molecule has 0 unspecified atom stereocenters. The number of halogens is 1. The van der Waals surface area contributed by atoms with Crippen LogP contribution >= 0.6 is 15.9 Å². The van der Waals surface area contributed by atoms with E-state index in [0.29, 0.717) is 5.92 Å². The number of hydrogen-bond acceptors (Lipinski definition) is 2. The Balaban J connectivity index is 2.12. The van der Waals surface area contributed by atoms with Crippen molar-refractivity contribution in [1.29, 1.82) is 0 Å². The van der Waals surface area contributed by atoms with Crippen LogP contribution in [0, 0.1) is 5.92 Å². The maximum absolute atomic E-state index is 11.6. The third-order valence-corrected chi connectivity index (χ3v) is 3.59. The number of hydrogen-bond donors (Lipinski definition) is 1. The van der Waals surface area contributed by atoms with Crippen molar-refractivity contribution in [3.8, 4) is 0 Å². The Hall–Kier alpha value is -0.610. The molecular formula is C11H15BrN2O. The molecule has 0 amide bonds. The Morgan fingerprint density at radius 1 is 1.40 bits per heavy atom. The van der Waals surface area contributed by atoms with E-state index in [2.05, 4.69) is 21.2 Å². The van der Waals surface area contributed by atoms with Gasteiger partial charge in [-0.2, -0.15) is 0 Å². The lowest BCUT2D eigenvalue weighted by Gasteiger charge is -2.23. The Kier molecular flexibility index (Phi) is 3.59. The van der Waals surface area contributed by atoms with Crippen LogP contribution in [0.1, 0.15) is 12.8 Å². The lowest BCUT2D eigenvalue weighted by Crippen LogP contribution is -2.32. The summed E-state index contributed by atoms with van der Waals surface area (Å²) in [6.45, 7) is 2.98. The second kappa shape index (κ2) is 4.94. The van der Waals surface area contributed by atoms with E-state index in [1.165, 1.54) is 0 Å². The van der Waals surface area contributed by atoms with Gasteiger partial charge in [-0.25, -0.2) is 0 Å². The molecule has 0 aromatic carbocycles. The Bertz CT molecular complexity index is 382. The lowest BCUT2D eigenvalue weighted by atomic mass is 9.98. The number of rotatable bonds is 2. The highest BCUT2D eigenvalue weighted by Crippen LogP contribution is 2.16. The second-order valence-corrected chi connectivity index (χ2v) is 4.80. The Labute approximate surface area is 97.6 Å². The predicted octanol–water partition coefficient (Wildman–Crippen LogP) is 1.61. The third-order valence-electron chi connectivity index (χ3n) is 2.90. The molecule has 1 fully saturated rings. The molecule has 0 saturated carbocycles. The molecule has 1 N–H and O–H groups in total. The number of nitrogens with zero attached hydrogens (tertiary/aromatic N) is 1. The Morgan fingerprint density at radius 2 is 2.13 bits per heavy atom. The van der Waals surface area contributed by atoms with E-state index in [1.807, 2.05) is 10.6 Å². The summed E-state index contributed by atoms with van der Waals surface area (Å²) in [5, 5.41) is 3.33. The molecule has 82 valence electrons. The fourth-order valence-electron chi connectivity index (χ4n) is 1.99. The minimum Gasteiger partial charge on any atom is -0.317 e. The molecule has 15 heavy (non-hydrogen) atoms. The summed E-state index contributed by atoms with van der Waals surface area (Å²) in [4.78, 5) is 11.6. The van der Waals surface area contributed by atoms with Crippen LogP contribution in [0.4, 0.5) is 0 Å². The van der Waals surface area contributed by atoms with Crippen molar-refractivity contribution in [2.45, 2.75) is 19.4 Å². The topological polar surface area (TPSA) is 34.0 Å². The maximum Gasteiger partial charge on any atom is 0.251 e. The van der Waals surface area contributed by atoms with Gasteiger partial charge in [0.05, 0.1) is 4.60 Å². The van der Waals surface area contributed by atoms with Gasteiger partial charge in [-0.15, -0.1) is 0 Å². The molecule has 2 rings (SSSR count). The van der Waals surface area contributed by atoms with Gasteiger partial charge in [-0.3, -0.25) is 4.79 Å². The van der Waals surface area contributed by atoms with E-state index in [4.69, 9.17) is 0 Å². The lowest BCUT2D eigenvalue weighted by molar-refractivity contribution is 0.328. The van der Waals surface area contributed by atoms with Crippen LogP contribution in [0.15, 0.2) is 27.6 Å². The minimum absolute atomic E-state index is 0.0860. The van der Waals surface area contributed by atoms with Gasteiger partial charge in [0.25, 0.3) is 5.56 Å². The number of pyridine rings is 1. The number of piperidine rings is 1. The van der Waals surface area contributed by atoms with Crippen molar-refractivity contribution in [3.63, 3.8) is 0 Å². The molecular weight excluding hydrogens is 256 g/mol. The molecule has 0 atom stereocenters. The third kappa shape index (κ3) is 2.69. The summed E-state index contributed by atoms with van der Waals surface area (Å²) in [6, 6.07) is 5.32. The van der Waals surface area contributed by atoms with Gasteiger partial charge in [-0.05, 0) is 53.8 Å². The van der Waals surface area contributed by atoms with Gasteiger partial charge in [0.1, 0.15) is 0 Å². The highest BCUT2D eigenvalue weighted by molar-refractivity contribution is 9.10. The Morgan fingerprint density at radius 3 is 2.80 bits per heavy atom. The first-order valence-corrected chi connectivity index (χ1v) is 6.13. The molecule has 0 bridgehead atoms. The van der Waals surface area contributed by atoms with E-state index in [9.17, 15) is 4.79 Å². The summed E-state index contributed by atoms with van der Waals surface area (Å²) in [5.74, 6) is 0.627. The van der Waals surface area contributed by atoms with Gasteiger partial charge in [0.2, 0.25) is 0 Å². The number of nitrogens with one attached hydrogen (secondary N) is 1. The van der Waals surface area contributed by atoms with Gasteiger partial charge >= 0.3 is 0 Å². The molecule has 1 aliphatic heterocycles. The van der Waals surface area contributed by atoms with Gasteiger partial charge in [0.15, 0.2) is 0 Å². The van der Waals surface area contributed by atoms with Crippen LogP contribution in [0.5, 0.6) is 0 Å². The van der Waals surface area contributed by atoms with E-state index in [1.54, 1.807) is 12.1 Å². The van der Waals surface area contributed by atoms with Crippen molar-refractivity contribution >= 4 is 15.9 Å². The molecule has 2 heterocycles. The zero-order valence-corrected chi connectivity index (χ0v) is 10.2. The fourth-order valence-corrected chi connectivity index (χ4v) is 2.47. The van der Waals surface area contributed by atoms with Crippen LogP contribution in [-0.4, -0.2) is 17.7 Å². The monoisotopic (exact) mass is 270 g/mol. The highest BCUT2D eigenvalue weighted by atomic mass is 79.9. The molecule has 0 aliphatic carbocycles. The molecule has 0 radical (unpaired) electrons. The normalized spacial score (nSPS) is 17.9. The molecule has 1 aromatic rings. The molecule has 1 aromatic heterocycles. The van der Waals surface area contributed by atoms with Gasteiger partial charge < -0.3 is 9.88 Å². The van der Waals surface area contributed by atoms with Crippen molar-refractivity contribution in [2.24, 2.45) is 5.92 Å². The SMILES string of the molecule is O=c1cccc(Br)n1CC1CCNCC1. The summed E-state index contributed by atoms with van der Waals surface area (Å²) >= 11 is 3.42. The zero-order valence-electron chi connectivity index (χ0n) is 8.58. The molecule has 4 heteroatoms. The standard InChI is InChI=1S/C11H15BrN2O/c12-10-2-1-3-11(15)14(10)8-9-4-6-13-7-5-9/h1-3,9,13H,4-8H2. The van der Waals surface area contributed by atoms with E-state index < -0.39 is 0 Å². The van der Waals surface area contributed by atoms with Gasteiger partial charge in [-0.1, -0.05) is 6.07 Å². The zero-order chi connectivity index (χ0) is 10.7. The highest BCUT2D eigenvalue weighted by Gasteiger charge is 2.14. The van der Waals surface area contributed by atoms with Crippen LogP contribution in [0.25, 0.3) is 0 Å². The van der Waals surface area contributed by atoms with Crippen LogP contribution < -0.4 is 10.9 Å². The van der Waals surface area contributed by atoms with Crippen molar-refractivity contribution < 1.29 is 0 Å². The van der Waals surface area contributed by atoms with E-state index in [-0.39, 0.29) is 5.56 Å². The average molecular weight is 271 g/mol. The van der Waals surface area contributed by atoms with Crippen LogP contribution in [0.2, 0.25) is 0 Å². The summed E-state index contributed by atoms with van der Waals surface area (Å²) in [7, 11) is 0. The average Bonchev–Trinajstić information content (AvgIpc) is 2.25. The minimum atomic E-state index is 0.0860. The molecule has 1 aliphatic rings. The predicted molar refractivity (Wildman–Crippen MR) is 64.0 cm³/mol. The largest absolute Gasteiger partial charge is 0.317 e. The van der Waals surface area contributed by atoms with Crippen molar-refractivity contribution in [3.05, 3.63) is 33.2 Å². The van der Waals surface area contributed by atoms with E-state index >= 15 is 0 Å². The fraction of sp³-hybridized carbons (Fsp3) is 0.545. The van der Waals surface area contributed by atoms with Crippen LogP contribution in [0.3, 0.4) is 0 Å². The first kappa shape index (κ1) is 10.9. The van der Waals surface area contributed by atoms with Crippen molar-refractivity contribution in [2.75, 3.05) is 13.1 Å². The number of aromatic nitrogens is 1. The summed E-state index contributed by atoms with van der Waals surface area (Å²) in [6.07, 6.45) is 2.32. The van der Waals surface area contributed by atoms with E-state index in [0.717, 1.165) is 37.1 Å². The first-order valence-electron chi connectivity index (χ1n) is 5.33. The molecule has 1 saturated heterocycles. The quantitative estimate of drug-likeness (QED) is 0.829. The molecule has 0 spiro atoms. The first-order chi connectivity index (χ1) is 7.27. The smallest absolute Gasteiger partial charge is 0.251 e. The molecule has 3 nitrogen and oxygen atoms in total. The van der Waals surface area contributed by atoms with Crippen molar-refractivity contribution in [1.82, 2.24) is 9.88 Å². The summed E-state index contributed by atoms with van der Waals surface area (Å²) in [5.41, 5.74) is 0.0860. The maximum atomic E-state index is 11.6.